The van der Waals surface area contributed by atoms with Crippen molar-refractivity contribution in [3.8, 4) is 0 Å². The predicted octanol–water partition coefficient (Wildman–Crippen LogP) is 4.33. The SMILES string of the molecule is Fc1ccc(Cc2ncc(Cc3c[nH]c4ncc(Cl)cc34)cn2)cc1. The molecular weight excluding hydrogens is 339 g/mol. The van der Waals surface area contributed by atoms with Gasteiger partial charge in [0.25, 0.3) is 0 Å². The fourth-order valence-corrected chi connectivity index (χ4v) is 2.91. The Kier molecular flexibility index (Phi) is 4.15. The monoisotopic (exact) mass is 352 g/mol. The fourth-order valence-electron chi connectivity index (χ4n) is 2.75. The van der Waals surface area contributed by atoms with Gasteiger partial charge in [0.1, 0.15) is 17.3 Å². The molecule has 1 N–H and O–H groups in total. The van der Waals surface area contributed by atoms with Crippen LogP contribution in [0, 0.1) is 5.82 Å². The summed E-state index contributed by atoms with van der Waals surface area (Å²) in [7, 11) is 0. The van der Waals surface area contributed by atoms with Crippen LogP contribution >= 0.6 is 11.6 Å². The minimum absolute atomic E-state index is 0.242. The lowest BCUT2D eigenvalue weighted by Crippen LogP contribution is -1.98. The maximum Gasteiger partial charge on any atom is 0.137 e. The average Bonchev–Trinajstić information content (AvgIpc) is 3.01. The molecule has 0 aliphatic rings. The van der Waals surface area contributed by atoms with Crippen LogP contribution in [0.15, 0.2) is 55.1 Å². The highest BCUT2D eigenvalue weighted by Gasteiger charge is 2.08. The fraction of sp³-hybridized carbons (Fsp3) is 0.105. The quantitative estimate of drug-likeness (QED) is 0.595. The number of nitrogens with zero attached hydrogens (tertiary/aromatic N) is 3. The van der Waals surface area contributed by atoms with Crippen LogP contribution in [0.2, 0.25) is 5.02 Å². The zero-order valence-electron chi connectivity index (χ0n) is 13.2. The molecule has 0 saturated heterocycles. The molecule has 4 nitrogen and oxygen atoms in total. The molecule has 0 saturated carbocycles. The number of aromatic amines is 1. The van der Waals surface area contributed by atoms with Gasteiger partial charge in [0.15, 0.2) is 0 Å². The van der Waals surface area contributed by atoms with E-state index >= 15 is 0 Å². The summed E-state index contributed by atoms with van der Waals surface area (Å²) in [5.74, 6) is 0.465. The molecule has 0 unspecified atom stereocenters. The van der Waals surface area contributed by atoms with Crippen molar-refractivity contribution in [3.05, 3.63) is 88.5 Å². The van der Waals surface area contributed by atoms with Crippen molar-refractivity contribution in [2.75, 3.05) is 0 Å². The Hall–Kier alpha value is -2.79. The Balaban J connectivity index is 1.51. The van der Waals surface area contributed by atoms with Crippen LogP contribution in [0.1, 0.15) is 22.5 Å². The van der Waals surface area contributed by atoms with E-state index in [-0.39, 0.29) is 5.82 Å². The van der Waals surface area contributed by atoms with Gasteiger partial charge in [-0.25, -0.2) is 19.3 Å². The van der Waals surface area contributed by atoms with Crippen LogP contribution < -0.4 is 0 Å². The van der Waals surface area contributed by atoms with Crippen LogP contribution in [-0.2, 0) is 12.8 Å². The summed E-state index contributed by atoms with van der Waals surface area (Å²) in [5, 5.41) is 1.61. The molecule has 0 atom stereocenters. The van der Waals surface area contributed by atoms with Crippen LogP contribution in [0.3, 0.4) is 0 Å². The third kappa shape index (κ3) is 3.51. The predicted molar refractivity (Wildman–Crippen MR) is 95.1 cm³/mol. The third-order valence-corrected chi connectivity index (χ3v) is 4.22. The van der Waals surface area contributed by atoms with Crippen LogP contribution in [0.4, 0.5) is 4.39 Å². The van der Waals surface area contributed by atoms with Gasteiger partial charge in [-0.2, -0.15) is 0 Å². The van der Waals surface area contributed by atoms with Gasteiger partial charge in [0.05, 0.1) is 5.02 Å². The number of fused-ring (bicyclic) bond motifs is 1. The summed E-state index contributed by atoms with van der Waals surface area (Å²) < 4.78 is 12.9. The number of rotatable bonds is 4. The van der Waals surface area contributed by atoms with Gasteiger partial charge in [-0.3, -0.25) is 0 Å². The van der Waals surface area contributed by atoms with E-state index in [1.807, 2.05) is 24.7 Å². The van der Waals surface area contributed by atoms with Crippen LogP contribution in [0.5, 0.6) is 0 Å². The largest absolute Gasteiger partial charge is 0.346 e. The van der Waals surface area contributed by atoms with Gasteiger partial charge < -0.3 is 4.98 Å². The Morgan fingerprint density at radius 1 is 0.920 bits per heavy atom. The summed E-state index contributed by atoms with van der Waals surface area (Å²) in [5.41, 5.74) is 3.89. The number of H-pyrrole nitrogens is 1. The summed E-state index contributed by atoms with van der Waals surface area (Å²) in [6.07, 6.45) is 8.47. The highest BCUT2D eigenvalue weighted by Crippen LogP contribution is 2.22. The molecule has 1 aromatic carbocycles. The average molecular weight is 353 g/mol. The molecule has 0 fully saturated rings. The van der Waals surface area contributed by atoms with E-state index in [1.165, 1.54) is 12.1 Å². The third-order valence-electron chi connectivity index (χ3n) is 4.01. The minimum Gasteiger partial charge on any atom is -0.346 e. The van der Waals surface area contributed by atoms with Crippen molar-refractivity contribution in [1.82, 2.24) is 19.9 Å². The first-order valence-corrected chi connectivity index (χ1v) is 8.21. The standard InChI is InChI=1S/C19H14ClFN4/c20-15-7-17-14(10-24-19(17)25-11-15)5-13-8-22-18(23-9-13)6-12-1-3-16(21)4-2-12/h1-4,7-11H,5-6H2,(H,24,25). The Labute approximate surface area is 148 Å². The molecule has 0 bridgehead atoms. The summed E-state index contributed by atoms with van der Waals surface area (Å²) in [6, 6.07) is 8.28. The van der Waals surface area contributed by atoms with E-state index < -0.39 is 0 Å². The molecule has 0 amide bonds. The zero-order chi connectivity index (χ0) is 17.2. The lowest BCUT2D eigenvalue weighted by atomic mass is 10.1. The zero-order valence-corrected chi connectivity index (χ0v) is 14.0. The van der Waals surface area contributed by atoms with E-state index in [2.05, 4.69) is 19.9 Å². The van der Waals surface area contributed by atoms with Crippen LogP contribution in [-0.4, -0.2) is 19.9 Å². The number of hydrogen-bond donors (Lipinski definition) is 1. The number of benzene rings is 1. The molecule has 25 heavy (non-hydrogen) atoms. The normalized spacial score (nSPS) is 11.1. The van der Waals surface area contributed by atoms with Crippen molar-refractivity contribution < 1.29 is 4.39 Å². The number of hydrogen-bond acceptors (Lipinski definition) is 3. The highest BCUT2D eigenvalue weighted by atomic mass is 35.5. The molecule has 4 aromatic rings. The Morgan fingerprint density at radius 3 is 2.44 bits per heavy atom. The lowest BCUT2D eigenvalue weighted by molar-refractivity contribution is 0.627. The second-order valence-corrected chi connectivity index (χ2v) is 6.29. The molecular formula is C19H14ClFN4. The number of nitrogens with one attached hydrogen (secondary N) is 1. The van der Waals surface area contributed by atoms with Crippen molar-refractivity contribution in [1.29, 1.82) is 0 Å². The highest BCUT2D eigenvalue weighted by molar-refractivity contribution is 6.31. The maximum absolute atomic E-state index is 12.9. The summed E-state index contributed by atoms with van der Waals surface area (Å²) in [4.78, 5) is 16.2. The van der Waals surface area contributed by atoms with Gasteiger partial charge in [0.2, 0.25) is 0 Å². The second kappa shape index (κ2) is 6.61. The molecule has 3 heterocycles. The molecule has 0 spiro atoms. The van der Waals surface area contributed by atoms with Crippen molar-refractivity contribution in [2.45, 2.75) is 12.8 Å². The molecule has 0 aliphatic heterocycles. The van der Waals surface area contributed by atoms with Crippen molar-refractivity contribution >= 4 is 22.6 Å². The van der Waals surface area contributed by atoms with E-state index in [0.717, 1.165) is 27.7 Å². The van der Waals surface area contributed by atoms with Crippen LogP contribution in [0.25, 0.3) is 11.0 Å². The minimum atomic E-state index is -0.242. The molecule has 6 heteroatoms. The summed E-state index contributed by atoms with van der Waals surface area (Å²) >= 11 is 6.03. The van der Waals surface area contributed by atoms with Gasteiger partial charge in [0, 0.05) is 43.0 Å². The Morgan fingerprint density at radius 2 is 1.68 bits per heavy atom. The molecule has 4 rings (SSSR count). The van der Waals surface area contributed by atoms with Crippen molar-refractivity contribution in [2.24, 2.45) is 0 Å². The van der Waals surface area contributed by atoms with Gasteiger partial charge in [-0.05, 0) is 34.9 Å². The van der Waals surface area contributed by atoms with E-state index in [0.29, 0.717) is 23.7 Å². The number of pyridine rings is 1. The Bertz CT molecular complexity index is 1010. The van der Waals surface area contributed by atoms with Gasteiger partial charge in [-0.15, -0.1) is 0 Å². The first kappa shape index (κ1) is 15.7. The molecule has 0 radical (unpaired) electrons. The molecule has 0 aliphatic carbocycles. The first-order valence-electron chi connectivity index (χ1n) is 7.83. The van der Waals surface area contributed by atoms with Gasteiger partial charge in [-0.1, -0.05) is 23.7 Å². The van der Waals surface area contributed by atoms with E-state index in [1.54, 1.807) is 18.3 Å². The number of halogens is 2. The smallest absolute Gasteiger partial charge is 0.137 e. The van der Waals surface area contributed by atoms with Gasteiger partial charge >= 0.3 is 0 Å². The van der Waals surface area contributed by atoms with E-state index in [9.17, 15) is 4.39 Å². The summed E-state index contributed by atoms with van der Waals surface area (Å²) in [6.45, 7) is 0. The maximum atomic E-state index is 12.9. The molecule has 3 aromatic heterocycles. The van der Waals surface area contributed by atoms with E-state index in [4.69, 9.17) is 11.6 Å². The van der Waals surface area contributed by atoms with Crippen molar-refractivity contribution in [3.63, 3.8) is 0 Å². The first-order chi connectivity index (χ1) is 12.2. The lowest BCUT2D eigenvalue weighted by Gasteiger charge is -2.03. The second-order valence-electron chi connectivity index (χ2n) is 5.85. The number of aromatic nitrogens is 4. The molecule has 124 valence electrons. The topological polar surface area (TPSA) is 54.5 Å².